The molecular formula is C19H16FN3O2S2. The molecule has 5 nitrogen and oxygen atoms in total. The summed E-state index contributed by atoms with van der Waals surface area (Å²) >= 11 is 2.46. The quantitative estimate of drug-likeness (QED) is 0.348. The third kappa shape index (κ3) is 5.97. The summed E-state index contributed by atoms with van der Waals surface area (Å²) in [6.45, 7) is 0. The molecule has 8 heteroatoms. The molecule has 1 aromatic heterocycles. The summed E-state index contributed by atoms with van der Waals surface area (Å²) in [5.41, 5.74) is 1.54. The van der Waals surface area contributed by atoms with Gasteiger partial charge in [0.25, 0.3) is 0 Å². The SMILES string of the molecule is O=C(CCc1ccccc1)Nc1nnc(SCC(=O)c2ccc(F)cc2)s1. The summed E-state index contributed by atoms with van der Waals surface area (Å²) in [5, 5.41) is 11.0. The van der Waals surface area contributed by atoms with Crippen LogP contribution < -0.4 is 5.32 Å². The molecular weight excluding hydrogens is 385 g/mol. The molecule has 0 unspecified atom stereocenters. The highest BCUT2D eigenvalue weighted by molar-refractivity contribution is 8.01. The fourth-order valence-corrected chi connectivity index (χ4v) is 3.91. The molecule has 0 aliphatic heterocycles. The van der Waals surface area contributed by atoms with Gasteiger partial charge in [-0.05, 0) is 36.2 Å². The molecule has 0 aliphatic carbocycles. The molecule has 0 atom stereocenters. The molecule has 3 aromatic rings. The average Bonchev–Trinajstić information content (AvgIpc) is 3.13. The second-order valence-corrected chi connectivity index (χ2v) is 7.83. The van der Waals surface area contributed by atoms with Crippen molar-refractivity contribution in [3.05, 3.63) is 71.5 Å². The number of Topliss-reactive ketones (excluding diaryl/α,β-unsaturated/α-hetero) is 1. The largest absolute Gasteiger partial charge is 0.300 e. The van der Waals surface area contributed by atoms with Gasteiger partial charge in [0.2, 0.25) is 11.0 Å². The highest BCUT2D eigenvalue weighted by Gasteiger charge is 2.12. The van der Waals surface area contributed by atoms with Crippen molar-refractivity contribution in [3.63, 3.8) is 0 Å². The predicted octanol–water partition coefficient (Wildman–Crippen LogP) is 4.22. The predicted molar refractivity (Wildman–Crippen MR) is 105 cm³/mol. The molecule has 0 spiro atoms. The Labute approximate surface area is 164 Å². The Balaban J connectivity index is 1.45. The van der Waals surface area contributed by atoms with Crippen LogP contribution in [-0.4, -0.2) is 27.6 Å². The fraction of sp³-hybridized carbons (Fsp3) is 0.158. The van der Waals surface area contributed by atoms with Crippen molar-refractivity contribution in [1.82, 2.24) is 10.2 Å². The number of carbonyl (C=O) groups excluding carboxylic acids is 2. The van der Waals surface area contributed by atoms with E-state index in [0.29, 0.717) is 27.9 Å². The minimum atomic E-state index is -0.379. The first kappa shape index (κ1) is 19.2. The Morgan fingerprint density at radius 1 is 1.04 bits per heavy atom. The number of anilines is 1. The van der Waals surface area contributed by atoms with Crippen molar-refractivity contribution >= 4 is 39.9 Å². The molecule has 2 aromatic carbocycles. The molecule has 0 saturated carbocycles. The highest BCUT2D eigenvalue weighted by Crippen LogP contribution is 2.26. The summed E-state index contributed by atoms with van der Waals surface area (Å²) < 4.78 is 13.5. The van der Waals surface area contributed by atoms with Crippen molar-refractivity contribution in [2.24, 2.45) is 0 Å². The average molecular weight is 401 g/mol. The Morgan fingerprint density at radius 3 is 2.52 bits per heavy atom. The highest BCUT2D eigenvalue weighted by atomic mass is 32.2. The normalized spacial score (nSPS) is 10.6. The van der Waals surface area contributed by atoms with Gasteiger partial charge in [0.15, 0.2) is 10.1 Å². The van der Waals surface area contributed by atoms with Crippen molar-refractivity contribution in [2.45, 2.75) is 17.2 Å². The molecule has 138 valence electrons. The molecule has 1 heterocycles. The van der Waals surface area contributed by atoms with E-state index in [9.17, 15) is 14.0 Å². The van der Waals surface area contributed by atoms with E-state index in [4.69, 9.17) is 0 Å². The van der Waals surface area contributed by atoms with Crippen molar-refractivity contribution in [2.75, 3.05) is 11.1 Å². The number of nitrogens with zero attached hydrogens (tertiary/aromatic N) is 2. The standard InChI is InChI=1S/C19H16FN3O2S2/c20-15-9-7-14(8-10-15)16(24)12-26-19-23-22-18(27-19)21-17(25)11-6-13-4-2-1-3-5-13/h1-5,7-10H,6,11-12H2,(H,21,22,25). The van der Waals surface area contributed by atoms with E-state index in [2.05, 4.69) is 15.5 Å². The van der Waals surface area contributed by atoms with E-state index in [0.717, 1.165) is 5.56 Å². The van der Waals surface area contributed by atoms with Crippen LogP contribution in [0.2, 0.25) is 0 Å². The van der Waals surface area contributed by atoms with Crippen LogP contribution in [0.4, 0.5) is 9.52 Å². The maximum atomic E-state index is 12.9. The van der Waals surface area contributed by atoms with E-state index in [1.807, 2.05) is 30.3 Å². The van der Waals surface area contributed by atoms with Crippen LogP contribution in [0.15, 0.2) is 58.9 Å². The first-order valence-electron chi connectivity index (χ1n) is 8.19. The topological polar surface area (TPSA) is 72.0 Å². The van der Waals surface area contributed by atoms with Gasteiger partial charge in [-0.25, -0.2) is 4.39 Å². The Hall–Kier alpha value is -2.58. The third-order valence-electron chi connectivity index (χ3n) is 3.63. The van der Waals surface area contributed by atoms with Crippen molar-refractivity contribution < 1.29 is 14.0 Å². The number of benzene rings is 2. The van der Waals surface area contributed by atoms with E-state index in [1.165, 1.54) is 47.4 Å². The summed E-state index contributed by atoms with van der Waals surface area (Å²) in [5.74, 6) is -0.462. The zero-order valence-corrected chi connectivity index (χ0v) is 15.9. The lowest BCUT2D eigenvalue weighted by Gasteiger charge is -2.01. The van der Waals surface area contributed by atoms with Crippen LogP contribution in [0.1, 0.15) is 22.3 Å². The van der Waals surface area contributed by atoms with Crippen molar-refractivity contribution in [3.8, 4) is 0 Å². The lowest BCUT2D eigenvalue weighted by atomic mass is 10.1. The van der Waals surface area contributed by atoms with E-state index < -0.39 is 0 Å². The van der Waals surface area contributed by atoms with Crippen LogP contribution in [0.25, 0.3) is 0 Å². The van der Waals surface area contributed by atoms with Gasteiger partial charge in [-0.1, -0.05) is 53.4 Å². The molecule has 27 heavy (non-hydrogen) atoms. The zero-order valence-electron chi connectivity index (χ0n) is 14.2. The van der Waals surface area contributed by atoms with Crippen LogP contribution >= 0.6 is 23.1 Å². The van der Waals surface area contributed by atoms with Gasteiger partial charge in [-0.3, -0.25) is 9.59 Å². The second-order valence-electron chi connectivity index (χ2n) is 5.63. The number of hydrogen-bond acceptors (Lipinski definition) is 6. The number of nitrogens with one attached hydrogen (secondary N) is 1. The molecule has 1 N–H and O–H groups in total. The number of ketones is 1. The van der Waals surface area contributed by atoms with E-state index in [-0.39, 0.29) is 23.3 Å². The molecule has 0 aliphatic rings. The molecule has 1 amide bonds. The number of aryl methyl sites for hydroxylation is 1. The number of halogens is 1. The lowest BCUT2D eigenvalue weighted by molar-refractivity contribution is -0.116. The maximum Gasteiger partial charge on any atom is 0.226 e. The van der Waals surface area contributed by atoms with Gasteiger partial charge in [0.1, 0.15) is 5.82 Å². The van der Waals surface area contributed by atoms with Crippen LogP contribution in [-0.2, 0) is 11.2 Å². The van der Waals surface area contributed by atoms with E-state index >= 15 is 0 Å². The van der Waals surface area contributed by atoms with Crippen LogP contribution in [0.5, 0.6) is 0 Å². The van der Waals surface area contributed by atoms with Crippen LogP contribution in [0.3, 0.4) is 0 Å². The van der Waals surface area contributed by atoms with Crippen molar-refractivity contribution in [1.29, 1.82) is 0 Å². The maximum absolute atomic E-state index is 12.9. The first-order chi connectivity index (χ1) is 13.1. The second kappa shape index (κ2) is 9.38. The van der Waals surface area contributed by atoms with Gasteiger partial charge >= 0.3 is 0 Å². The number of carbonyl (C=O) groups is 2. The van der Waals surface area contributed by atoms with Gasteiger partial charge in [-0.15, -0.1) is 10.2 Å². The zero-order chi connectivity index (χ0) is 19.1. The molecule has 0 fully saturated rings. The monoisotopic (exact) mass is 401 g/mol. The molecule has 3 rings (SSSR count). The number of thioether (sulfide) groups is 1. The minimum Gasteiger partial charge on any atom is -0.300 e. The van der Waals surface area contributed by atoms with Gasteiger partial charge in [0.05, 0.1) is 5.75 Å². The number of rotatable bonds is 8. The van der Waals surface area contributed by atoms with Gasteiger partial charge in [-0.2, -0.15) is 0 Å². The number of amides is 1. The Kier molecular flexibility index (Phi) is 6.67. The first-order valence-corrected chi connectivity index (χ1v) is 9.99. The van der Waals surface area contributed by atoms with Gasteiger partial charge in [0, 0.05) is 12.0 Å². The summed E-state index contributed by atoms with van der Waals surface area (Å²) in [6.07, 6.45) is 1.01. The molecule has 0 radical (unpaired) electrons. The summed E-state index contributed by atoms with van der Waals surface area (Å²) in [6, 6.07) is 15.2. The lowest BCUT2D eigenvalue weighted by Crippen LogP contribution is -2.12. The minimum absolute atomic E-state index is 0.122. The molecule has 0 bridgehead atoms. The fourth-order valence-electron chi connectivity index (χ4n) is 2.25. The number of aromatic nitrogens is 2. The Bertz CT molecular complexity index is 914. The molecule has 0 saturated heterocycles. The summed E-state index contributed by atoms with van der Waals surface area (Å²) in [4.78, 5) is 24.1. The summed E-state index contributed by atoms with van der Waals surface area (Å²) in [7, 11) is 0. The third-order valence-corrected chi connectivity index (χ3v) is 5.60. The Morgan fingerprint density at radius 2 is 1.78 bits per heavy atom. The van der Waals surface area contributed by atoms with Crippen LogP contribution in [0, 0.1) is 5.82 Å². The van der Waals surface area contributed by atoms with E-state index in [1.54, 1.807) is 0 Å². The van der Waals surface area contributed by atoms with Gasteiger partial charge < -0.3 is 5.32 Å². The smallest absolute Gasteiger partial charge is 0.226 e. The number of hydrogen-bond donors (Lipinski definition) is 1.